The number of nitrogens with zero attached hydrogens (tertiary/aromatic N) is 3. The molecule has 19 heavy (non-hydrogen) atoms. The highest BCUT2D eigenvalue weighted by atomic mass is 35.5. The van der Waals surface area contributed by atoms with Gasteiger partial charge in [0.05, 0.1) is 6.21 Å². The van der Waals surface area contributed by atoms with Crippen molar-refractivity contribution in [3.05, 3.63) is 50.9 Å². The van der Waals surface area contributed by atoms with E-state index in [0.717, 1.165) is 10.4 Å². The van der Waals surface area contributed by atoms with Gasteiger partial charge in [0.25, 0.3) is 5.91 Å². The third-order valence-electron chi connectivity index (χ3n) is 2.29. The van der Waals surface area contributed by atoms with Gasteiger partial charge in [-0.3, -0.25) is 9.59 Å². The van der Waals surface area contributed by atoms with Gasteiger partial charge in [-0.05, 0) is 17.7 Å². The second kappa shape index (κ2) is 5.49. The maximum Gasteiger partial charge on any atom is 0.320 e. The lowest BCUT2D eigenvalue weighted by molar-refractivity contribution is 0.0957. The number of amides is 1. The Labute approximate surface area is 112 Å². The molecule has 1 heterocycles. The van der Waals surface area contributed by atoms with Gasteiger partial charge in [-0.2, -0.15) is 10.3 Å². The Morgan fingerprint density at radius 1 is 1.47 bits per heavy atom. The summed E-state index contributed by atoms with van der Waals surface area (Å²) in [5.41, 5.74) is -0.104. The van der Waals surface area contributed by atoms with Gasteiger partial charge in [0.1, 0.15) is 0 Å². The molecule has 0 unspecified atom stereocenters. The number of benzene rings is 1. The number of carbonyl (C=O) groups excluding carboxylic acids is 1. The SMILES string of the molecule is CNC(=O)c1n[nH]n(N=Cc2ccc(Cl)cc2)c1=O. The van der Waals surface area contributed by atoms with E-state index in [1.54, 1.807) is 24.3 Å². The summed E-state index contributed by atoms with van der Waals surface area (Å²) in [5.74, 6) is -0.568. The molecule has 1 aromatic carbocycles. The largest absolute Gasteiger partial charge is 0.354 e. The number of hydrogen-bond acceptors (Lipinski definition) is 4. The van der Waals surface area contributed by atoms with Crippen molar-refractivity contribution in [1.29, 1.82) is 0 Å². The normalized spacial score (nSPS) is 10.8. The maximum atomic E-state index is 11.7. The molecule has 0 bridgehead atoms. The first-order valence-corrected chi connectivity index (χ1v) is 5.69. The average Bonchev–Trinajstić information content (AvgIpc) is 2.79. The summed E-state index contributed by atoms with van der Waals surface area (Å²) in [4.78, 5) is 23.9. The van der Waals surface area contributed by atoms with Crippen LogP contribution in [0, 0.1) is 0 Å². The standard InChI is InChI=1S/C11H10ClN5O2/c1-13-10(18)9-11(19)17(16-15-9)14-6-7-2-4-8(12)5-3-7/h2-6,16H,1H3,(H,13,18). The quantitative estimate of drug-likeness (QED) is 0.800. The van der Waals surface area contributed by atoms with Crippen LogP contribution in [0.15, 0.2) is 34.2 Å². The fourth-order valence-corrected chi connectivity index (χ4v) is 1.43. The molecule has 1 aromatic heterocycles. The van der Waals surface area contributed by atoms with Crippen molar-refractivity contribution < 1.29 is 4.79 Å². The minimum absolute atomic E-state index is 0.240. The zero-order valence-corrected chi connectivity index (χ0v) is 10.7. The molecule has 0 aliphatic carbocycles. The number of aromatic amines is 1. The summed E-state index contributed by atoms with van der Waals surface area (Å²) in [6, 6.07) is 6.89. The molecule has 0 aliphatic rings. The molecule has 7 nitrogen and oxygen atoms in total. The van der Waals surface area contributed by atoms with Crippen molar-refractivity contribution in [2.45, 2.75) is 0 Å². The van der Waals surface area contributed by atoms with E-state index in [4.69, 9.17) is 11.6 Å². The molecule has 2 rings (SSSR count). The van der Waals surface area contributed by atoms with E-state index in [2.05, 4.69) is 20.7 Å². The Bertz CT molecular complexity index is 671. The van der Waals surface area contributed by atoms with Crippen LogP contribution in [0.3, 0.4) is 0 Å². The van der Waals surface area contributed by atoms with Crippen LogP contribution in [-0.2, 0) is 0 Å². The van der Waals surface area contributed by atoms with E-state index in [1.807, 2.05) is 0 Å². The molecule has 0 radical (unpaired) electrons. The zero-order chi connectivity index (χ0) is 13.8. The third kappa shape index (κ3) is 2.89. The van der Waals surface area contributed by atoms with E-state index in [0.29, 0.717) is 5.02 Å². The van der Waals surface area contributed by atoms with Gasteiger partial charge < -0.3 is 5.32 Å². The Hall–Kier alpha value is -2.41. The van der Waals surface area contributed by atoms with Crippen molar-refractivity contribution >= 4 is 23.7 Å². The van der Waals surface area contributed by atoms with Crippen LogP contribution in [0.25, 0.3) is 0 Å². The van der Waals surface area contributed by atoms with E-state index in [1.165, 1.54) is 13.3 Å². The number of nitrogens with one attached hydrogen (secondary N) is 2. The summed E-state index contributed by atoms with van der Waals surface area (Å²) >= 11 is 5.75. The van der Waals surface area contributed by atoms with Gasteiger partial charge in [-0.15, -0.1) is 9.89 Å². The van der Waals surface area contributed by atoms with Crippen LogP contribution >= 0.6 is 11.6 Å². The van der Waals surface area contributed by atoms with Crippen LogP contribution in [0.4, 0.5) is 0 Å². The molecule has 0 saturated carbocycles. The highest BCUT2D eigenvalue weighted by Gasteiger charge is 2.14. The topological polar surface area (TPSA) is 92.1 Å². The molecular formula is C11H10ClN5O2. The number of halogens is 1. The van der Waals surface area contributed by atoms with E-state index in [9.17, 15) is 9.59 Å². The fourth-order valence-electron chi connectivity index (χ4n) is 1.31. The van der Waals surface area contributed by atoms with E-state index in [-0.39, 0.29) is 5.69 Å². The molecule has 2 N–H and O–H groups in total. The second-order valence-corrected chi connectivity index (χ2v) is 3.99. The van der Waals surface area contributed by atoms with Crippen LogP contribution in [0.5, 0.6) is 0 Å². The lowest BCUT2D eigenvalue weighted by atomic mass is 10.2. The maximum absolute atomic E-state index is 11.7. The Balaban J connectivity index is 2.25. The van der Waals surface area contributed by atoms with Crippen molar-refractivity contribution in [2.24, 2.45) is 5.10 Å². The Kier molecular flexibility index (Phi) is 3.76. The Morgan fingerprint density at radius 3 is 2.79 bits per heavy atom. The first-order valence-electron chi connectivity index (χ1n) is 5.31. The number of aromatic nitrogens is 3. The Morgan fingerprint density at radius 2 is 2.16 bits per heavy atom. The van der Waals surface area contributed by atoms with Crippen molar-refractivity contribution in [2.75, 3.05) is 7.05 Å². The van der Waals surface area contributed by atoms with Crippen LogP contribution in [0.2, 0.25) is 5.02 Å². The van der Waals surface area contributed by atoms with Gasteiger partial charge in [0.2, 0.25) is 5.69 Å². The van der Waals surface area contributed by atoms with Crippen LogP contribution < -0.4 is 10.9 Å². The van der Waals surface area contributed by atoms with Gasteiger partial charge in [-0.1, -0.05) is 23.7 Å². The lowest BCUT2D eigenvalue weighted by Crippen LogP contribution is -2.26. The van der Waals surface area contributed by atoms with Gasteiger partial charge in [-0.25, -0.2) is 0 Å². The molecule has 1 amide bonds. The molecule has 0 saturated heterocycles. The number of H-pyrrole nitrogens is 1. The molecule has 8 heteroatoms. The number of carbonyl (C=O) groups is 1. The molecule has 98 valence electrons. The van der Waals surface area contributed by atoms with Crippen molar-refractivity contribution in [3.8, 4) is 0 Å². The minimum atomic E-state index is -0.621. The summed E-state index contributed by atoms with van der Waals surface area (Å²) in [5, 5.41) is 12.7. The van der Waals surface area contributed by atoms with Crippen LogP contribution in [0.1, 0.15) is 16.1 Å². The number of rotatable bonds is 3. The van der Waals surface area contributed by atoms with Crippen molar-refractivity contribution in [1.82, 2.24) is 20.4 Å². The summed E-state index contributed by atoms with van der Waals surface area (Å²) in [7, 11) is 1.41. The first-order chi connectivity index (χ1) is 9.11. The first kappa shape index (κ1) is 13.0. The molecule has 0 atom stereocenters. The molecule has 0 aliphatic heterocycles. The minimum Gasteiger partial charge on any atom is -0.354 e. The van der Waals surface area contributed by atoms with Gasteiger partial charge in [0, 0.05) is 12.1 Å². The monoisotopic (exact) mass is 279 g/mol. The summed E-state index contributed by atoms with van der Waals surface area (Å²) in [6.07, 6.45) is 1.45. The van der Waals surface area contributed by atoms with Gasteiger partial charge >= 0.3 is 5.56 Å². The summed E-state index contributed by atoms with van der Waals surface area (Å²) in [6.45, 7) is 0. The molecule has 0 spiro atoms. The highest BCUT2D eigenvalue weighted by Crippen LogP contribution is 2.07. The molecule has 0 fully saturated rings. The predicted octanol–water partition coefficient (Wildman–Crippen LogP) is 0.467. The summed E-state index contributed by atoms with van der Waals surface area (Å²) < 4.78 is 0. The van der Waals surface area contributed by atoms with Gasteiger partial charge in [0.15, 0.2) is 0 Å². The fraction of sp³-hybridized carbons (Fsp3) is 0.0909. The average molecular weight is 280 g/mol. The second-order valence-electron chi connectivity index (χ2n) is 3.55. The van der Waals surface area contributed by atoms with E-state index < -0.39 is 11.5 Å². The molecular weight excluding hydrogens is 270 g/mol. The third-order valence-corrected chi connectivity index (χ3v) is 2.54. The molecule has 2 aromatic rings. The predicted molar refractivity (Wildman–Crippen MR) is 70.7 cm³/mol. The van der Waals surface area contributed by atoms with Crippen LogP contribution in [-0.4, -0.2) is 34.3 Å². The lowest BCUT2D eigenvalue weighted by Gasteiger charge is -1.93. The zero-order valence-electron chi connectivity index (χ0n) is 9.92. The smallest absolute Gasteiger partial charge is 0.320 e. The van der Waals surface area contributed by atoms with Crippen molar-refractivity contribution in [3.63, 3.8) is 0 Å². The number of hydrogen-bond donors (Lipinski definition) is 2. The van der Waals surface area contributed by atoms with E-state index >= 15 is 0 Å². The highest BCUT2D eigenvalue weighted by molar-refractivity contribution is 6.30.